The first kappa shape index (κ1) is 20.6. The SMILES string of the molecule is Cc1cc2c(cn1)cc(C1CC(NC(=O)NC(=O)C3CCC3)CCC1C)c(=O)n2C. The summed E-state index contributed by atoms with van der Waals surface area (Å²) >= 11 is 0. The first-order valence-corrected chi connectivity index (χ1v) is 10.9. The van der Waals surface area contributed by atoms with Gasteiger partial charge in [-0.15, -0.1) is 0 Å². The summed E-state index contributed by atoms with van der Waals surface area (Å²) in [5.41, 5.74) is 2.54. The lowest BCUT2D eigenvalue weighted by molar-refractivity contribution is -0.126. The van der Waals surface area contributed by atoms with Crippen LogP contribution in [0.15, 0.2) is 23.1 Å². The van der Waals surface area contributed by atoms with Crippen molar-refractivity contribution in [2.75, 3.05) is 0 Å². The number of hydrogen-bond donors (Lipinski definition) is 2. The predicted octanol–water partition coefficient (Wildman–Crippen LogP) is 3.14. The normalized spacial score (nSPS) is 24.3. The van der Waals surface area contributed by atoms with Gasteiger partial charge < -0.3 is 9.88 Å². The molecule has 7 nitrogen and oxygen atoms in total. The molecule has 3 atom stereocenters. The summed E-state index contributed by atoms with van der Waals surface area (Å²) in [6.07, 6.45) is 7.04. The van der Waals surface area contributed by atoms with Gasteiger partial charge in [0, 0.05) is 41.8 Å². The number of fused-ring (bicyclic) bond motifs is 1. The van der Waals surface area contributed by atoms with Crippen LogP contribution in [-0.2, 0) is 11.8 Å². The van der Waals surface area contributed by atoms with E-state index in [1.807, 2.05) is 25.3 Å². The van der Waals surface area contributed by atoms with Gasteiger partial charge in [0.2, 0.25) is 5.91 Å². The molecule has 0 saturated heterocycles. The lowest BCUT2D eigenvalue weighted by atomic mass is 9.74. The highest BCUT2D eigenvalue weighted by Crippen LogP contribution is 2.37. The van der Waals surface area contributed by atoms with Crippen LogP contribution >= 0.6 is 0 Å². The van der Waals surface area contributed by atoms with E-state index in [4.69, 9.17) is 0 Å². The molecule has 2 heterocycles. The van der Waals surface area contributed by atoms with Crippen molar-refractivity contribution in [1.29, 1.82) is 0 Å². The number of carbonyl (C=O) groups is 2. The molecule has 0 aromatic carbocycles. The van der Waals surface area contributed by atoms with Gasteiger partial charge >= 0.3 is 6.03 Å². The average molecular weight is 411 g/mol. The third kappa shape index (κ3) is 3.98. The molecule has 0 spiro atoms. The number of urea groups is 1. The van der Waals surface area contributed by atoms with Crippen LogP contribution in [0.2, 0.25) is 0 Å². The molecule has 2 aromatic rings. The second kappa shape index (κ2) is 8.20. The van der Waals surface area contributed by atoms with E-state index < -0.39 is 6.03 Å². The molecule has 2 aromatic heterocycles. The first-order chi connectivity index (χ1) is 14.3. The van der Waals surface area contributed by atoms with Crippen LogP contribution in [0.4, 0.5) is 4.79 Å². The zero-order chi connectivity index (χ0) is 21.4. The highest BCUT2D eigenvalue weighted by Gasteiger charge is 2.33. The molecule has 2 saturated carbocycles. The molecule has 3 unspecified atom stereocenters. The Kier molecular flexibility index (Phi) is 5.62. The summed E-state index contributed by atoms with van der Waals surface area (Å²) < 4.78 is 1.70. The number of pyridine rings is 2. The fourth-order valence-electron chi connectivity index (χ4n) is 4.75. The van der Waals surface area contributed by atoms with Gasteiger partial charge in [0.15, 0.2) is 0 Å². The molecule has 2 aliphatic carbocycles. The molecular weight excluding hydrogens is 380 g/mol. The Morgan fingerprint density at radius 1 is 1.17 bits per heavy atom. The minimum atomic E-state index is -0.420. The molecule has 0 bridgehead atoms. The lowest BCUT2D eigenvalue weighted by Gasteiger charge is -2.35. The number of nitrogens with one attached hydrogen (secondary N) is 2. The van der Waals surface area contributed by atoms with E-state index >= 15 is 0 Å². The average Bonchev–Trinajstić information content (AvgIpc) is 2.65. The predicted molar refractivity (Wildman–Crippen MR) is 115 cm³/mol. The number of hydrogen-bond acceptors (Lipinski definition) is 4. The van der Waals surface area contributed by atoms with Crippen LogP contribution in [0.3, 0.4) is 0 Å². The summed E-state index contributed by atoms with van der Waals surface area (Å²) in [6.45, 7) is 4.08. The Bertz CT molecular complexity index is 1040. The molecule has 2 N–H and O–H groups in total. The van der Waals surface area contributed by atoms with Gasteiger partial charge in [-0.2, -0.15) is 0 Å². The Hall–Kier alpha value is -2.70. The second-order valence-electron chi connectivity index (χ2n) is 9.03. The fourth-order valence-corrected chi connectivity index (χ4v) is 4.75. The van der Waals surface area contributed by atoms with Crippen LogP contribution in [0.25, 0.3) is 10.9 Å². The number of nitrogens with zero attached hydrogens (tertiary/aromatic N) is 2. The molecule has 4 rings (SSSR count). The summed E-state index contributed by atoms with van der Waals surface area (Å²) in [4.78, 5) is 41.8. The second-order valence-corrected chi connectivity index (χ2v) is 9.03. The number of carbonyl (C=O) groups excluding carboxylic acids is 2. The summed E-state index contributed by atoms with van der Waals surface area (Å²) in [6, 6.07) is 3.42. The maximum absolute atomic E-state index is 13.1. The number of amides is 3. The van der Waals surface area contributed by atoms with Gasteiger partial charge in [-0.25, -0.2) is 4.79 Å². The topological polar surface area (TPSA) is 93.1 Å². The van der Waals surface area contributed by atoms with Crippen LogP contribution in [-0.4, -0.2) is 27.5 Å². The maximum Gasteiger partial charge on any atom is 0.321 e. The molecule has 0 radical (unpaired) electrons. The molecule has 2 fully saturated rings. The van der Waals surface area contributed by atoms with E-state index in [0.29, 0.717) is 12.3 Å². The van der Waals surface area contributed by atoms with Crippen molar-refractivity contribution < 1.29 is 9.59 Å². The monoisotopic (exact) mass is 410 g/mol. The van der Waals surface area contributed by atoms with Gasteiger partial charge in [0.05, 0.1) is 5.52 Å². The third-order valence-corrected chi connectivity index (χ3v) is 6.92. The summed E-state index contributed by atoms with van der Waals surface area (Å²) in [7, 11) is 1.80. The van der Waals surface area contributed by atoms with Gasteiger partial charge in [-0.1, -0.05) is 13.3 Å². The quantitative estimate of drug-likeness (QED) is 0.813. The van der Waals surface area contributed by atoms with Crippen LogP contribution in [0, 0.1) is 18.8 Å². The van der Waals surface area contributed by atoms with Crippen molar-refractivity contribution in [1.82, 2.24) is 20.2 Å². The molecule has 30 heavy (non-hydrogen) atoms. The summed E-state index contributed by atoms with van der Waals surface area (Å²) in [5, 5.41) is 6.39. The zero-order valence-corrected chi connectivity index (χ0v) is 17.9. The van der Waals surface area contributed by atoms with E-state index in [1.165, 1.54) is 0 Å². The molecule has 160 valence electrons. The van der Waals surface area contributed by atoms with Crippen molar-refractivity contribution in [3.8, 4) is 0 Å². The lowest BCUT2D eigenvalue weighted by Crippen LogP contribution is -2.49. The van der Waals surface area contributed by atoms with Gasteiger partial charge in [-0.05, 0) is 63.0 Å². The number of imide groups is 1. The molecule has 2 aliphatic rings. The van der Waals surface area contributed by atoms with Crippen LogP contribution < -0.4 is 16.2 Å². The Morgan fingerprint density at radius 2 is 1.93 bits per heavy atom. The van der Waals surface area contributed by atoms with Crippen molar-refractivity contribution in [2.45, 2.75) is 64.3 Å². The van der Waals surface area contributed by atoms with E-state index in [-0.39, 0.29) is 29.3 Å². The highest BCUT2D eigenvalue weighted by molar-refractivity contribution is 5.95. The summed E-state index contributed by atoms with van der Waals surface area (Å²) in [5.74, 6) is 0.195. The smallest absolute Gasteiger partial charge is 0.321 e. The number of aromatic nitrogens is 2. The number of rotatable bonds is 3. The highest BCUT2D eigenvalue weighted by atomic mass is 16.2. The van der Waals surface area contributed by atoms with E-state index in [1.54, 1.807) is 11.6 Å². The minimum Gasteiger partial charge on any atom is -0.335 e. The fraction of sp³-hybridized carbons (Fsp3) is 0.565. The van der Waals surface area contributed by atoms with Crippen molar-refractivity contribution in [3.05, 3.63) is 39.9 Å². The van der Waals surface area contributed by atoms with Gasteiger partial charge in [0.25, 0.3) is 5.56 Å². The van der Waals surface area contributed by atoms with Crippen LogP contribution in [0.5, 0.6) is 0 Å². The van der Waals surface area contributed by atoms with Crippen molar-refractivity contribution in [3.63, 3.8) is 0 Å². The third-order valence-electron chi connectivity index (χ3n) is 6.92. The van der Waals surface area contributed by atoms with Gasteiger partial charge in [0.1, 0.15) is 0 Å². The molecule has 7 heteroatoms. The van der Waals surface area contributed by atoms with E-state index in [9.17, 15) is 14.4 Å². The zero-order valence-electron chi connectivity index (χ0n) is 17.9. The largest absolute Gasteiger partial charge is 0.335 e. The van der Waals surface area contributed by atoms with Crippen molar-refractivity contribution in [2.24, 2.45) is 18.9 Å². The van der Waals surface area contributed by atoms with E-state index in [0.717, 1.165) is 54.3 Å². The van der Waals surface area contributed by atoms with Gasteiger partial charge in [-0.3, -0.25) is 19.9 Å². The van der Waals surface area contributed by atoms with Crippen molar-refractivity contribution >= 4 is 22.8 Å². The van der Waals surface area contributed by atoms with E-state index in [2.05, 4.69) is 22.5 Å². The Labute approximate surface area is 176 Å². The Morgan fingerprint density at radius 3 is 2.63 bits per heavy atom. The van der Waals surface area contributed by atoms with Crippen LogP contribution in [0.1, 0.15) is 62.6 Å². The maximum atomic E-state index is 13.1. The molecule has 0 aliphatic heterocycles. The molecule has 3 amide bonds. The number of aryl methyl sites for hydroxylation is 2. The minimum absolute atomic E-state index is 0.00946. The Balaban J connectivity index is 1.51. The standard InChI is InChI=1S/C23H30N4O3/c1-13-7-8-17(25-23(30)26-21(28)15-5-4-6-15)11-18(13)19-10-16-12-24-14(2)9-20(16)27(3)22(19)29/h9-10,12-13,15,17-18H,4-8,11H2,1-3H3,(H2,25,26,28,30). The first-order valence-electron chi connectivity index (χ1n) is 10.9. The molecular formula is C23H30N4O3.